The normalized spacial score (nSPS) is 11.1. The van der Waals surface area contributed by atoms with Gasteiger partial charge in [-0.15, -0.1) is 0 Å². The first-order valence-corrected chi connectivity index (χ1v) is 6.20. The number of hydrogen-bond acceptors (Lipinski definition) is 5. The standard InChI is InChI=1S/C11H10N2O3S/c12-11-10(7-4-8-13-11)17(14,15)16-9-5-2-1-3-6-9/h1-8H,(H2,12,13). The molecule has 0 saturated heterocycles. The van der Waals surface area contributed by atoms with E-state index < -0.39 is 10.1 Å². The van der Waals surface area contributed by atoms with E-state index in [0.29, 0.717) is 0 Å². The van der Waals surface area contributed by atoms with E-state index in [9.17, 15) is 8.42 Å². The Labute approximate surface area is 99.0 Å². The molecule has 0 fully saturated rings. The van der Waals surface area contributed by atoms with E-state index >= 15 is 0 Å². The van der Waals surface area contributed by atoms with Crippen molar-refractivity contribution in [1.29, 1.82) is 0 Å². The average molecular weight is 250 g/mol. The van der Waals surface area contributed by atoms with E-state index in [1.54, 1.807) is 30.3 Å². The van der Waals surface area contributed by atoms with Gasteiger partial charge in [-0.1, -0.05) is 18.2 Å². The van der Waals surface area contributed by atoms with Crippen LogP contribution in [0.4, 0.5) is 5.82 Å². The summed E-state index contributed by atoms with van der Waals surface area (Å²) in [5.41, 5.74) is 5.49. The molecule has 6 heteroatoms. The lowest BCUT2D eigenvalue weighted by atomic mass is 10.3. The molecule has 0 spiro atoms. The van der Waals surface area contributed by atoms with Gasteiger partial charge in [0.05, 0.1) is 0 Å². The highest BCUT2D eigenvalue weighted by Crippen LogP contribution is 2.20. The Morgan fingerprint density at radius 1 is 1.06 bits per heavy atom. The molecule has 0 saturated carbocycles. The first-order chi connectivity index (χ1) is 8.09. The second-order valence-electron chi connectivity index (χ2n) is 3.24. The van der Waals surface area contributed by atoms with E-state index in [2.05, 4.69) is 4.98 Å². The zero-order valence-corrected chi connectivity index (χ0v) is 9.59. The second-order valence-corrected chi connectivity index (χ2v) is 4.75. The quantitative estimate of drug-likeness (QED) is 0.833. The molecule has 0 aliphatic carbocycles. The summed E-state index contributed by atoms with van der Waals surface area (Å²) in [7, 11) is -3.93. The molecule has 0 aliphatic heterocycles. The first-order valence-electron chi connectivity index (χ1n) is 4.79. The van der Waals surface area contributed by atoms with Gasteiger partial charge in [-0.05, 0) is 24.3 Å². The second kappa shape index (κ2) is 4.42. The van der Waals surface area contributed by atoms with Gasteiger partial charge in [-0.25, -0.2) is 4.98 Å². The smallest absolute Gasteiger partial charge is 0.342 e. The molecular weight excluding hydrogens is 240 g/mol. The van der Waals surface area contributed by atoms with Crippen LogP contribution in [0.15, 0.2) is 53.6 Å². The Kier molecular flexibility index (Phi) is 2.97. The summed E-state index contributed by atoms with van der Waals surface area (Å²) in [5, 5.41) is 0. The topological polar surface area (TPSA) is 82.3 Å². The van der Waals surface area contributed by atoms with Crippen LogP contribution < -0.4 is 9.92 Å². The van der Waals surface area contributed by atoms with Crippen molar-refractivity contribution in [1.82, 2.24) is 4.98 Å². The maximum Gasteiger partial charge on any atom is 0.342 e. The minimum atomic E-state index is -3.93. The van der Waals surface area contributed by atoms with Crippen molar-refractivity contribution in [2.24, 2.45) is 0 Å². The Morgan fingerprint density at radius 3 is 2.41 bits per heavy atom. The number of aromatic nitrogens is 1. The Morgan fingerprint density at radius 2 is 1.76 bits per heavy atom. The zero-order chi connectivity index (χ0) is 12.3. The van der Waals surface area contributed by atoms with Crippen molar-refractivity contribution in [3.8, 4) is 5.75 Å². The highest BCUT2D eigenvalue weighted by Gasteiger charge is 2.20. The first kappa shape index (κ1) is 11.4. The number of pyridine rings is 1. The minimum absolute atomic E-state index is 0.0802. The van der Waals surface area contributed by atoms with Gasteiger partial charge in [0.15, 0.2) is 0 Å². The SMILES string of the molecule is Nc1ncccc1S(=O)(=O)Oc1ccccc1. The maximum atomic E-state index is 11.9. The number of rotatable bonds is 3. The van der Waals surface area contributed by atoms with E-state index in [0.717, 1.165) is 0 Å². The fourth-order valence-corrected chi connectivity index (χ4v) is 2.27. The van der Waals surface area contributed by atoms with Gasteiger partial charge in [0.1, 0.15) is 16.5 Å². The summed E-state index contributed by atoms with van der Waals surface area (Å²) in [6.07, 6.45) is 1.41. The summed E-state index contributed by atoms with van der Waals surface area (Å²) in [5.74, 6) is 0.152. The number of hydrogen-bond donors (Lipinski definition) is 1. The van der Waals surface area contributed by atoms with E-state index in [1.807, 2.05) is 0 Å². The summed E-state index contributed by atoms with van der Waals surface area (Å²) >= 11 is 0. The Bertz CT molecular complexity index is 612. The fraction of sp³-hybridized carbons (Fsp3) is 0. The molecule has 0 bridgehead atoms. The van der Waals surface area contributed by atoms with Gasteiger partial charge in [0.2, 0.25) is 0 Å². The van der Waals surface area contributed by atoms with Crippen molar-refractivity contribution >= 4 is 15.9 Å². The van der Waals surface area contributed by atoms with Crippen LogP contribution in [-0.4, -0.2) is 13.4 Å². The van der Waals surface area contributed by atoms with Crippen molar-refractivity contribution in [3.05, 3.63) is 48.7 Å². The summed E-state index contributed by atoms with van der Waals surface area (Å²) in [6.45, 7) is 0. The van der Waals surface area contributed by atoms with Crippen LogP contribution in [0.3, 0.4) is 0 Å². The number of para-hydroxylation sites is 1. The Hall–Kier alpha value is -2.08. The maximum absolute atomic E-state index is 11.9. The lowest BCUT2D eigenvalue weighted by molar-refractivity contribution is 0.486. The van der Waals surface area contributed by atoms with Gasteiger partial charge in [-0.3, -0.25) is 0 Å². The van der Waals surface area contributed by atoms with Crippen LogP contribution in [-0.2, 0) is 10.1 Å². The summed E-state index contributed by atoms with van der Waals surface area (Å²) in [6, 6.07) is 11.0. The molecule has 2 rings (SSSR count). The van der Waals surface area contributed by atoms with Gasteiger partial charge >= 0.3 is 10.1 Å². The van der Waals surface area contributed by atoms with Crippen LogP contribution in [0, 0.1) is 0 Å². The van der Waals surface area contributed by atoms with Gasteiger partial charge in [0.25, 0.3) is 0 Å². The highest BCUT2D eigenvalue weighted by atomic mass is 32.2. The monoisotopic (exact) mass is 250 g/mol. The molecule has 0 aliphatic rings. The van der Waals surface area contributed by atoms with E-state index in [1.165, 1.54) is 18.3 Å². The zero-order valence-electron chi connectivity index (χ0n) is 8.78. The third-order valence-electron chi connectivity index (χ3n) is 2.02. The van der Waals surface area contributed by atoms with Crippen molar-refractivity contribution in [2.75, 3.05) is 5.73 Å². The molecule has 0 radical (unpaired) electrons. The van der Waals surface area contributed by atoms with E-state index in [4.69, 9.17) is 9.92 Å². The highest BCUT2D eigenvalue weighted by molar-refractivity contribution is 7.87. The van der Waals surface area contributed by atoms with Crippen molar-refractivity contribution in [2.45, 2.75) is 4.90 Å². The van der Waals surface area contributed by atoms with Crippen LogP contribution in [0.25, 0.3) is 0 Å². The predicted molar refractivity (Wildman–Crippen MR) is 62.9 cm³/mol. The molecule has 0 atom stereocenters. The lowest BCUT2D eigenvalue weighted by Crippen LogP contribution is -2.12. The van der Waals surface area contributed by atoms with Crippen LogP contribution in [0.1, 0.15) is 0 Å². The molecule has 88 valence electrons. The molecule has 0 amide bonds. The third kappa shape index (κ3) is 2.54. The molecule has 0 unspecified atom stereocenters. The van der Waals surface area contributed by atoms with Crippen molar-refractivity contribution in [3.63, 3.8) is 0 Å². The van der Waals surface area contributed by atoms with Crippen molar-refractivity contribution < 1.29 is 12.6 Å². The number of anilines is 1. The number of nitrogens with zero attached hydrogens (tertiary/aromatic N) is 1. The Balaban J connectivity index is 2.36. The van der Waals surface area contributed by atoms with Crippen LogP contribution >= 0.6 is 0 Å². The van der Waals surface area contributed by atoms with Crippen LogP contribution in [0.5, 0.6) is 5.75 Å². The molecule has 5 nitrogen and oxygen atoms in total. The fourth-order valence-electron chi connectivity index (χ4n) is 1.26. The summed E-state index contributed by atoms with van der Waals surface area (Å²) < 4.78 is 28.7. The minimum Gasteiger partial charge on any atom is -0.383 e. The van der Waals surface area contributed by atoms with Gasteiger partial charge in [-0.2, -0.15) is 8.42 Å². The van der Waals surface area contributed by atoms with Crippen LogP contribution in [0.2, 0.25) is 0 Å². The molecule has 1 aromatic carbocycles. The number of nitrogen functional groups attached to an aromatic ring is 1. The van der Waals surface area contributed by atoms with Gasteiger partial charge < -0.3 is 9.92 Å². The van der Waals surface area contributed by atoms with E-state index in [-0.39, 0.29) is 16.5 Å². The molecular formula is C11H10N2O3S. The predicted octanol–water partition coefficient (Wildman–Crippen LogP) is 1.43. The number of benzene rings is 1. The molecule has 1 aromatic heterocycles. The largest absolute Gasteiger partial charge is 0.383 e. The molecule has 17 heavy (non-hydrogen) atoms. The third-order valence-corrected chi connectivity index (χ3v) is 3.31. The average Bonchev–Trinajstić information content (AvgIpc) is 2.30. The molecule has 2 N–H and O–H groups in total. The summed E-state index contributed by atoms with van der Waals surface area (Å²) in [4.78, 5) is 3.57. The molecule has 1 heterocycles. The number of nitrogens with two attached hydrogens (primary N) is 1. The lowest BCUT2D eigenvalue weighted by Gasteiger charge is -2.07. The molecule has 2 aromatic rings. The van der Waals surface area contributed by atoms with Gasteiger partial charge in [0, 0.05) is 6.20 Å².